The summed E-state index contributed by atoms with van der Waals surface area (Å²) in [7, 11) is 0. The Hall–Kier alpha value is -0.730. The quantitative estimate of drug-likeness (QED) is 0.507. The summed E-state index contributed by atoms with van der Waals surface area (Å²) in [6, 6.07) is 3.39. The fourth-order valence-corrected chi connectivity index (χ4v) is 3.10. The molecule has 2 amide bonds. The fraction of sp³-hybridized carbons (Fsp3) is 0.182. The first kappa shape index (κ1) is 14.7. The molecule has 0 radical (unpaired) electrons. The number of rotatable bonds is 2. The molecule has 0 bridgehead atoms. The number of hydrogen-bond donors (Lipinski definition) is 0. The first-order chi connectivity index (χ1) is 8.91. The molecular formula is C11H6Br3NO4. The summed E-state index contributed by atoms with van der Waals surface area (Å²) < 4.78 is 1.62. The minimum absolute atomic E-state index is 0.0624. The highest BCUT2D eigenvalue weighted by Gasteiger charge is 2.34. The van der Waals surface area contributed by atoms with Crippen molar-refractivity contribution >= 4 is 65.6 Å². The first-order valence-electron chi connectivity index (χ1n) is 5.13. The molecule has 1 aromatic rings. The highest BCUT2D eigenvalue weighted by molar-refractivity contribution is 9.13. The predicted octanol–water partition coefficient (Wildman–Crippen LogP) is 3.19. The molecule has 0 spiro atoms. The van der Waals surface area contributed by atoms with Crippen LogP contribution in [0, 0.1) is 0 Å². The van der Waals surface area contributed by atoms with Gasteiger partial charge in [0, 0.05) is 26.3 Å². The van der Waals surface area contributed by atoms with Crippen molar-refractivity contribution in [1.82, 2.24) is 5.06 Å². The number of carbonyl (C=O) groups is 3. The van der Waals surface area contributed by atoms with E-state index in [9.17, 15) is 14.4 Å². The highest BCUT2D eigenvalue weighted by Crippen LogP contribution is 2.33. The Morgan fingerprint density at radius 1 is 1.05 bits per heavy atom. The molecule has 0 aromatic heterocycles. The second kappa shape index (κ2) is 5.72. The van der Waals surface area contributed by atoms with Gasteiger partial charge in [-0.15, -0.1) is 5.06 Å². The van der Waals surface area contributed by atoms with Crippen LogP contribution in [0.2, 0.25) is 0 Å². The molecule has 0 aliphatic carbocycles. The van der Waals surface area contributed by atoms with E-state index in [-0.39, 0.29) is 18.4 Å². The van der Waals surface area contributed by atoms with E-state index in [0.717, 1.165) is 0 Å². The summed E-state index contributed by atoms with van der Waals surface area (Å²) in [6.45, 7) is 0. The van der Waals surface area contributed by atoms with Crippen molar-refractivity contribution in [2.75, 3.05) is 0 Å². The molecule has 2 rings (SSSR count). The number of amides is 2. The van der Waals surface area contributed by atoms with Crippen molar-refractivity contribution in [3.63, 3.8) is 0 Å². The number of halogens is 3. The maximum atomic E-state index is 12.0. The van der Waals surface area contributed by atoms with Crippen molar-refractivity contribution in [2.24, 2.45) is 0 Å². The molecule has 0 N–H and O–H groups in total. The largest absolute Gasteiger partial charge is 0.366 e. The Bertz CT molecular complexity index is 572. The van der Waals surface area contributed by atoms with Crippen molar-refractivity contribution < 1.29 is 19.2 Å². The number of hydroxylamine groups is 2. The van der Waals surface area contributed by atoms with E-state index >= 15 is 0 Å². The van der Waals surface area contributed by atoms with Crippen LogP contribution in [-0.4, -0.2) is 22.8 Å². The first-order valence-corrected chi connectivity index (χ1v) is 7.51. The van der Waals surface area contributed by atoms with Crippen LogP contribution < -0.4 is 0 Å². The van der Waals surface area contributed by atoms with E-state index in [1.165, 1.54) is 0 Å². The molecule has 8 heteroatoms. The predicted molar refractivity (Wildman–Crippen MR) is 76.0 cm³/mol. The maximum Gasteiger partial charge on any atom is 0.366 e. The molecule has 1 aromatic carbocycles. The van der Waals surface area contributed by atoms with Gasteiger partial charge in [0.1, 0.15) is 0 Å². The summed E-state index contributed by atoms with van der Waals surface area (Å²) >= 11 is 9.73. The molecule has 1 heterocycles. The third-order valence-electron chi connectivity index (χ3n) is 2.43. The third-order valence-corrected chi connectivity index (χ3v) is 5.11. The molecule has 0 saturated carbocycles. The SMILES string of the molecule is O=C(ON1C(=O)CCC1=O)c1c(Br)ccc(Br)c1Br. The van der Waals surface area contributed by atoms with Gasteiger partial charge in [0.05, 0.1) is 5.56 Å². The Kier molecular flexibility index (Phi) is 4.42. The van der Waals surface area contributed by atoms with Gasteiger partial charge in [0.25, 0.3) is 11.8 Å². The molecule has 1 saturated heterocycles. The van der Waals surface area contributed by atoms with Crippen LogP contribution >= 0.6 is 47.8 Å². The summed E-state index contributed by atoms with van der Waals surface area (Å²) in [4.78, 5) is 39.7. The molecular weight excluding hydrogens is 450 g/mol. The van der Waals surface area contributed by atoms with Crippen LogP contribution in [-0.2, 0) is 14.4 Å². The van der Waals surface area contributed by atoms with Crippen LogP contribution in [0.25, 0.3) is 0 Å². The van der Waals surface area contributed by atoms with Gasteiger partial charge in [-0.25, -0.2) is 4.79 Å². The van der Waals surface area contributed by atoms with Crippen LogP contribution in [0.1, 0.15) is 23.2 Å². The lowest BCUT2D eigenvalue weighted by molar-refractivity contribution is -0.172. The van der Waals surface area contributed by atoms with E-state index < -0.39 is 17.8 Å². The zero-order chi connectivity index (χ0) is 14.2. The maximum absolute atomic E-state index is 12.0. The van der Waals surface area contributed by atoms with Gasteiger partial charge in [-0.2, -0.15) is 0 Å². The number of nitrogens with zero attached hydrogens (tertiary/aromatic N) is 1. The normalized spacial score (nSPS) is 15.0. The Morgan fingerprint density at radius 2 is 1.58 bits per heavy atom. The molecule has 1 aliphatic rings. The van der Waals surface area contributed by atoms with Crippen molar-refractivity contribution in [3.05, 3.63) is 31.1 Å². The Balaban J connectivity index is 2.28. The molecule has 0 unspecified atom stereocenters. The van der Waals surface area contributed by atoms with Gasteiger partial charge in [0.15, 0.2) is 0 Å². The number of hydrogen-bond acceptors (Lipinski definition) is 4. The lowest BCUT2D eigenvalue weighted by atomic mass is 10.2. The van der Waals surface area contributed by atoms with Gasteiger partial charge < -0.3 is 4.84 Å². The van der Waals surface area contributed by atoms with Crippen molar-refractivity contribution in [2.45, 2.75) is 12.8 Å². The smallest absolute Gasteiger partial charge is 0.325 e. The minimum atomic E-state index is -0.788. The van der Waals surface area contributed by atoms with E-state index in [1.807, 2.05) is 0 Å². The van der Waals surface area contributed by atoms with Gasteiger partial charge in [-0.1, -0.05) is 0 Å². The molecule has 1 aliphatic heterocycles. The lowest BCUT2D eigenvalue weighted by Gasteiger charge is -2.14. The van der Waals surface area contributed by atoms with E-state index in [0.29, 0.717) is 18.5 Å². The number of benzene rings is 1. The summed E-state index contributed by atoms with van der Waals surface area (Å²) in [5, 5.41) is 0.516. The third kappa shape index (κ3) is 2.90. The van der Waals surface area contributed by atoms with Gasteiger partial charge in [0.2, 0.25) is 0 Å². The molecule has 0 atom stereocenters. The molecule has 5 nitrogen and oxygen atoms in total. The van der Waals surface area contributed by atoms with Crippen LogP contribution in [0.3, 0.4) is 0 Å². The highest BCUT2D eigenvalue weighted by atomic mass is 79.9. The Morgan fingerprint density at radius 3 is 2.16 bits per heavy atom. The zero-order valence-corrected chi connectivity index (χ0v) is 14.0. The standard InChI is InChI=1S/C11H6Br3NO4/c12-5-1-2-6(13)10(14)9(5)11(18)19-15-7(16)3-4-8(15)17/h1-2H,3-4H2. The summed E-state index contributed by atoms with van der Waals surface area (Å²) in [5.74, 6) is -1.81. The van der Waals surface area contributed by atoms with Crippen LogP contribution in [0.15, 0.2) is 25.6 Å². The van der Waals surface area contributed by atoms with E-state index in [2.05, 4.69) is 47.8 Å². The zero-order valence-electron chi connectivity index (χ0n) is 9.28. The van der Waals surface area contributed by atoms with Gasteiger partial charge in [-0.3, -0.25) is 9.59 Å². The minimum Gasteiger partial charge on any atom is -0.325 e. The summed E-state index contributed by atoms with van der Waals surface area (Å²) in [6.07, 6.45) is 0.125. The second-order valence-electron chi connectivity index (χ2n) is 3.68. The fourth-order valence-electron chi connectivity index (χ4n) is 1.50. The van der Waals surface area contributed by atoms with E-state index in [1.54, 1.807) is 12.1 Å². The van der Waals surface area contributed by atoms with Gasteiger partial charge >= 0.3 is 5.97 Å². The van der Waals surface area contributed by atoms with Crippen LogP contribution in [0.4, 0.5) is 0 Å². The average molecular weight is 456 g/mol. The second-order valence-corrected chi connectivity index (χ2v) is 6.18. The summed E-state index contributed by atoms with van der Waals surface area (Å²) in [5.41, 5.74) is 0.196. The Labute approximate surface area is 133 Å². The van der Waals surface area contributed by atoms with Crippen LogP contribution in [0.5, 0.6) is 0 Å². The average Bonchev–Trinajstić information content (AvgIpc) is 2.66. The molecule has 19 heavy (non-hydrogen) atoms. The molecule has 100 valence electrons. The topological polar surface area (TPSA) is 63.7 Å². The number of imide groups is 1. The van der Waals surface area contributed by atoms with Crippen molar-refractivity contribution in [1.29, 1.82) is 0 Å². The monoisotopic (exact) mass is 453 g/mol. The van der Waals surface area contributed by atoms with E-state index in [4.69, 9.17) is 4.84 Å². The molecule has 1 fully saturated rings. The lowest BCUT2D eigenvalue weighted by Crippen LogP contribution is -2.32. The number of carbonyl (C=O) groups excluding carboxylic acids is 3. The van der Waals surface area contributed by atoms with Crippen molar-refractivity contribution in [3.8, 4) is 0 Å². The van der Waals surface area contributed by atoms with Gasteiger partial charge in [-0.05, 0) is 59.9 Å².